The number of benzene rings is 2. The van der Waals surface area contributed by atoms with Gasteiger partial charge in [0, 0.05) is 6.54 Å². The summed E-state index contributed by atoms with van der Waals surface area (Å²) < 4.78 is 18.7. The van der Waals surface area contributed by atoms with E-state index in [1.54, 1.807) is 43.3 Å². The number of para-hydroxylation sites is 1. The highest BCUT2D eigenvalue weighted by Gasteiger charge is 2.14. The molecule has 2 rings (SSSR count). The Labute approximate surface area is 147 Å². The van der Waals surface area contributed by atoms with E-state index in [2.05, 4.69) is 5.32 Å². The number of hydrogen-bond acceptors (Lipinski definition) is 3. The Hall–Kier alpha value is -2.40. The van der Waals surface area contributed by atoms with E-state index in [1.165, 1.54) is 12.1 Å². The van der Waals surface area contributed by atoms with Crippen LogP contribution in [0.3, 0.4) is 0 Å². The molecule has 0 aliphatic carbocycles. The molecule has 0 radical (unpaired) electrons. The summed E-state index contributed by atoms with van der Waals surface area (Å²) in [6.07, 6.45) is 0.237. The molecule has 25 heavy (non-hydrogen) atoms. The Morgan fingerprint density at radius 3 is 2.52 bits per heavy atom. The maximum atomic E-state index is 12.9. The zero-order valence-electron chi connectivity index (χ0n) is 14.5. The van der Waals surface area contributed by atoms with Gasteiger partial charge in [0.15, 0.2) is 0 Å². The van der Waals surface area contributed by atoms with Crippen LogP contribution in [0.2, 0.25) is 0 Å². The van der Waals surface area contributed by atoms with Crippen molar-refractivity contribution in [2.24, 2.45) is 5.92 Å². The van der Waals surface area contributed by atoms with Crippen molar-refractivity contribution >= 4 is 5.91 Å². The van der Waals surface area contributed by atoms with Crippen LogP contribution in [-0.2, 0) is 6.61 Å². The summed E-state index contributed by atoms with van der Waals surface area (Å²) in [5.41, 5.74) is 1.27. The highest BCUT2D eigenvalue weighted by atomic mass is 19.1. The molecule has 0 spiro atoms. The molecule has 134 valence electrons. The van der Waals surface area contributed by atoms with Crippen LogP contribution in [0.1, 0.15) is 36.2 Å². The summed E-state index contributed by atoms with van der Waals surface area (Å²) >= 11 is 0. The first kappa shape index (κ1) is 18.9. The Kier molecular flexibility index (Phi) is 6.95. The molecule has 2 unspecified atom stereocenters. The standard InChI is InChI=1S/C20H24FNO3/c1-14(11-15(2)23)12-22-20(24)18-5-3-4-6-19(18)25-13-16-7-9-17(21)10-8-16/h3-10,14-15,23H,11-13H2,1-2H3,(H,22,24). The van der Waals surface area contributed by atoms with E-state index in [-0.39, 0.29) is 24.2 Å². The first-order valence-electron chi connectivity index (χ1n) is 8.38. The Morgan fingerprint density at radius 1 is 1.16 bits per heavy atom. The summed E-state index contributed by atoms with van der Waals surface area (Å²) in [6.45, 7) is 4.44. The molecule has 0 heterocycles. The van der Waals surface area contributed by atoms with Gasteiger partial charge in [0.1, 0.15) is 18.2 Å². The monoisotopic (exact) mass is 345 g/mol. The van der Waals surface area contributed by atoms with Gasteiger partial charge in [-0.15, -0.1) is 0 Å². The first-order chi connectivity index (χ1) is 12.0. The highest BCUT2D eigenvalue weighted by molar-refractivity contribution is 5.96. The Morgan fingerprint density at radius 2 is 1.84 bits per heavy atom. The molecule has 2 aromatic rings. The van der Waals surface area contributed by atoms with Crippen molar-refractivity contribution in [3.63, 3.8) is 0 Å². The average Bonchev–Trinajstić information content (AvgIpc) is 2.59. The lowest BCUT2D eigenvalue weighted by Gasteiger charge is -2.15. The van der Waals surface area contributed by atoms with Crippen LogP contribution in [0.15, 0.2) is 48.5 Å². The molecule has 0 bridgehead atoms. The van der Waals surface area contributed by atoms with Crippen LogP contribution in [-0.4, -0.2) is 23.7 Å². The van der Waals surface area contributed by atoms with Crippen LogP contribution in [0.4, 0.5) is 4.39 Å². The molecule has 4 nitrogen and oxygen atoms in total. The maximum Gasteiger partial charge on any atom is 0.255 e. The molecular weight excluding hydrogens is 321 g/mol. The minimum absolute atomic E-state index is 0.177. The average molecular weight is 345 g/mol. The number of aliphatic hydroxyl groups excluding tert-OH is 1. The van der Waals surface area contributed by atoms with E-state index >= 15 is 0 Å². The van der Waals surface area contributed by atoms with E-state index in [9.17, 15) is 14.3 Å². The van der Waals surface area contributed by atoms with Gasteiger partial charge < -0.3 is 15.2 Å². The molecule has 0 fully saturated rings. The van der Waals surface area contributed by atoms with E-state index in [1.807, 2.05) is 6.92 Å². The number of hydrogen-bond donors (Lipinski definition) is 2. The fourth-order valence-electron chi connectivity index (χ4n) is 2.55. The van der Waals surface area contributed by atoms with Gasteiger partial charge in [-0.2, -0.15) is 0 Å². The number of halogens is 1. The lowest BCUT2D eigenvalue weighted by Crippen LogP contribution is -2.29. The molecule has 2 atom stereocenters. The van der Waals surface area contributed by atoms with Crippen LogP contribution in [0.5, 0.6) is 5.75 Å². The molecule has 0 saturated heterocycles. The molecule has 1 amide bonds. The van der Waals surface area contributed by atoms with Gasteiger partial charge in [0.2, 0.25) is 0 Å². The third-order valence-electron chi connectivity index (χ3n) is 3.79. The molecule has 5 heteroatoms. The normalized spacial score (nSPS) is 13.1. The summed E-state index contributed by atoms with van der Waals surface area (Å²) in [7, 11) is 0. The SMILES string of the molecule is CC(O)CC(C)CNC(=O)c1ccccc1OCc1ccc(F)cc1. The molecule has 0 saturated carbocycles. The van der Waals surface area contributed by atoms with Crippen molar-refractivity contribution in [3.05, 3.63) is 65.5 Å². The number of rotatable bonds is 8. The van der Waals surface area contributed by atoms with Crippen molar-refractivity contribution in [2.45, 2.75) is 33.0 Å². The first-order valence-corrected chi connectivity index (χ1v) is 8.38. The van der Waals surface area contributed by atoms with Crippen molar-refractivity contribution in [2.75, 3.05) is 6.54 Å². The van der Waals surface area contributed by atoms with Crippen LogP contribution in [0, 0.1) is 11.7 Å². The fourth-order valence-corrected chi connectivity index (χ4v) is 2.55. The zero-order chi connectivity index (χ0) is 18.2. The third kappa shape index (κ3) is 6.19. The summed E-state index contributed by atoms with van der Waals surface area (Å²) in [6, 6.07) is 13.1. The smallest absolute Gasteiger partial charge is 0.255 e. The number of amides is 1. The van der Waals surface area contributed by atoms with Gasteiger partial charge in [0.25, 0.3) is 5.91 Å². The molecule has 2 aromatic carbocycles. The van der Waals surface area contributed by atoms with Gasteiger partial charge >= 0.3 is 0 Å². The van der Waals surface area contributed by atoms with E-state index in [0.717, 1.165) is 5.56 Å². The summed E-state index contributed by atoms with van der Waals surface area (Å²) in [4.78, 5) is 12.4. The predicted octanol–water partition coefficient (Wildman–Crippen LogP) is 3.54. The van der Waals surface area contributed by atoms with Gasteiger partial charge in [0.05, 0.1) is 11.7 Å². The molecule has 0 aliphatic rings. The third-order valence-corrected chi connectivity index (χ3v) is 3.79. The van der Waals surface area contributed by atoms with Gasteiger partial charge in [-0.1, -0.05) is 31.2 Å². The Balaban J connectivity index is 1.96. The van der Waals surface area contributed by atoms with E-state index in [4.69, 9.17) is 4.74 Å². The van der Waals surface area contributed by atoms with Crippen LogP contribution >= 0.6 is 0 Å². The number of ether oxygens (including phenoxy) is 1. The second-order valence-electron chi connectivity index (χ2n) is 6.31. The molecular formula is C20H24FNO3. The predicted molar refractivity (Wildman–Crippen MR) is 95.0 cm³/mol. The lowest BCUT2D eigenvalue weighted by atomic mass is 10.0. The number of nitrogens with one attached hydrogen (secondary N) is 1. The van der Waals surface area contributed by atoms with Crippen LogP contribution in [0.25, 0.3) is 0 Å². The van der Waals surface area contributed by atoms with Crippen LogP contribution < -0.4 is 10.1 Å². The fraction of sp³-hybridized carbons (Fsp3) is 0.350. The maximum absolute atomic E-state index is 12.9. The Bertz CT molecular complexity index is 686. The van der Waals surface area contributed by atoms with Gasteiger partial charge in [-0.05, 0) is 49.1 Å². The lowest BCUT2D eigenvalue weighted by molar-refractivity contribution is 0.0935. The minimum Gasteiger partial charge on any atom is -0.488 e. The second-order valence-corrected chi connectivity index (χ2v) is 6.31. The summed E-state index contributed by atoms with van der Waals surface area (Å²) in [5, 5.41) is 12.3. The van der Waals surface area contributed by atoms with Crippen molar-refractivity contribution in [1.29, 1.82) is 0 Å². The van der Waals surface area contributed by atoms with E-state index in [0.29, 0.717) is 24.3 Å². The highest BCUT2D eigenvalue weighted by Crippen LogP contribution is 2.19. The number of carbonyl (C=O) groups is 1. The molecule has 0 aliphatic heterocycles. The molecule has 0 aromatic heterocycles. The second kappa shape index (κ2) is 9.18. The quantitative estimate of drug-likeness (QED) is 0.769. The van der Waals surface area contributed by atoms with E-state index < -0.39 is 6.10 Å². The van der Waals surface area contributed by atoms with Gasteiger partial charge in [-0.25, -0.2) is 4.39 Å². The van der Waals surface area contributed by atoms with Crippen molar-refractivity contribution in [1.82, 2.24) is 5.32 Å². The number of carbonyl (C=O) groups excluding carboxylic acids is 1. The number of aliphatic hydroxyl groups is 1. The topological polar surface area (TPSA) is 58.6 Å². The van der Waals surface area contributed by atoms with Gasteiger partial charge in [-0.3, -0.25) is 4.79 Å². The summed E-state index contributed by atoms with van der Waals surface area (Å²) in [5.74, 6) is 0.144. The zero-order valence-corrected chi connectivity index (χ0v) is 14.5. The van der Waals surface area contributed by atoms with Crippen molar-refractivity contribution in [3.8, 4) is 5.75 Å². The largest absolute Gasteiger partial charge is 0.488 e. The minimum atomic E-state index is -0.391. The molecule has 2 N–H and O–H groups in total. The van der Waals surface area contributed by atoms with Crippen molar-refractivity contribution < 1.29 is 19.0 Å².